The van der Waals surface area contributed by atoms with Crippen LogP contribution in [0.2, 0.25) is 0 Å². The number of nitrogens with one attached hydrogen (secondary N) is 2. The molecule has 0 radical (unpaired) electrons. The number of urea groups is 1. The highest BCUT2D eigenvalue weighted by Crippen LogP contribution is 2.19. The first-order chi connectivity index (χ1) is 11.9. The predicted molar refractivity (Wildman–Crippen MR) is 86.8 cm³/mol. The summed E-state index contributed by atoms with van der Waals surface area (Å²) in [6, 6.07) is 3.01. The molecule has 136 valence electrons. The van der Waals surface area contributed by atoms with Gasteiger partial charge in [-0.2, -0.15) is 0 Å². The number of hydrogen-bond donors (Lipinski definition) is 2. The summed E-state index contributed by atoms with van der Waals surface area (Å²) in [5, 5.41) is 4.83. The molecule has 1 aromatic carbocycles. The van der Waals surface area contributed by atoms with Crippen molar-refractivity contribution in [2.75, 3.05) is 7.11 Å². The number of carbonyl (C=O) groups is 3. The number of halogens is 1. The topological polar surface area (TPSA) is 93.7 Å². The lowest BCUT2D eigenvalue weighted by molar-refractivity contribution is -0.127. The van der Waals surface area contributed by atoms with Crippen molar-refractivity contribution in [1.82, 2.24) is 10.6 Å². The molecule has 0 saturated heterocycles. The van der Waals surface area contributed by atoms with E-state index in [0.29, 0.717) is 0 Å². The Kier molecular flexibility index (Phi) is 6.32. The van der Waals surface area contributed by atoms with E-state index < -0.39 is 29.8 Å². The van der Waals surface area contributed by atoms with Crippen molar-refractivity contribution in [1.29, 1.82) is 0 Å². The number of benzene rings is 1. The Labute approximate surface area is 144 Å². The molecule has 3 amide bonds. The maximum absolute atomic E-state index is 13.6. The van der Waals surface area contributed by atoms with Crippen LogP contribution < -0.4 is 15.4 Å². The van der Waals surface area contributed by atoms with Crippen molar-refractivity contribution in [3.8, 4) is 5.75 Å². The second-order valence-electron chi connectivity index (χ2n) is 5.84. The minimum Gasteiger partial charge on any atom is -0.494 e. The summed E-state index contributed by atoms with van der Waals surface area (Å²) in [6.07, 6.45) is 2.66. The Bertz CT molecular complexity index is 658. The Morgan fingerprint density at radius 3 is 2.52 bits per heavy atom. The number of hydrogen-bond acceptors (Lipinski definition) is 5. The summed E-state index contributed by atoms with van der Waals surface area (Å²) in [5.74, 6) is -2.35. The summed E-state index contributed by atoms with van der Waals surface area (Å²) < 4.78 is 23.3. The standard InChI is InChI=1S/C17H21FN2O5/c1-10(15(21)20-17(23)19-12-5-3-4-6-12)25-16(22)11-7-8-14(24-2)13(18)9-11/h7-10,12H,3-6H2,1-2H3,(H2,19,20,21,23)/t10-/m1/s1. The molecule has 1 aliphatic rings. The van der Waals surface area contributed by atoms with Crippen molar-refractivity contribution in [3.05, 3.63) is 29.6 Å². The van der Waals surface area contributed by atoms with Gasteiger partial charge in [0.15, 0.2) is 17.7 Å². The molecular formula is C17H21FN2O5. The number of esters is 1. The van der Waals surface area contributed by atoms with Crippen LogP contribution >= 0.6 is 0 Å². The molecule has 0 bridgehead atoms. The number of methoxy groups -OCH3 is 1. The molecule has 25 heavy (non-hydrogen) atoms. The third-order valence-corrected chi connectivity index (χ3v) is 3.97. The molecule has 1 atom stereocenters. The highest BCUT2D eigenvalue weighted by atomic mass is 19.1. The molecule has 1 aliphatic carbocycles. The van der Waals surface area contributed by atoms with Gasteiger partial charge in [0.1, 0.15) is 0 Å². The third kappa shape index (κ3) is 5.17. The van der Waals surface area contributed by atoms with E-state index in [-0.39, 0.29) is 17.4 Å². The van der Waals surface area contributed by atoms with Crippen LogP contribution in [0.15, 0.2) is 18.2 Å². The van der Waals surface area contributed by atoms with E-state index in [1.165, 1.54) is 26.2 Å². The van der Waals surface area contributed by atoms with Crippen LogP contribution in [0.4, 0.5) is 9.18 Å². The number of carbonyl (C=O) groups excluding carboxylic acids is 3. The molecule has 0 aliphatic heterocycles. The number of amides is 3. The van der Waals surface area contributed by atoms with E-state index in [0.717, 1.165) is 31.7 Å². The molecule has 1 saturated carbocycles. The zero-order valence-corrected chi connectivity index (χ0v) is 14.1. The highest BCUT2D eigenvalue weighted by molar-refractivity contribution is 5.98. The Hall–Kier alpha value is -2.64. The predicted octanol–water partition coefficient (Wildman–Crippen LogP) is 2.15. The van der Waals surface area contributed by atoms with Crippen LogP contribution in [0, 0.1) is 5.82 Å². The van der Waals surface area contributed by atoms with Crippen LogP contribution in [0.1, 0.15) is 43.0 Å². The third-order valence-electron chi connectivity index (χ3n) is 3.97. The first kappa shape index (κ1) is 18.7. The molecule has 0 aromatic heterocycles. The fourth-order valence-corrected chi connectivity index (χ4v) is 2.58. The lowest BCUT2D eigenvalue weighted by Gasteiger charge is -2.15. The summed E-state index contributed by atoms with van der Waals surface area (Å²) in [7, 11) is 1.31. The van der Waals surface area contributed by atoms with Gasteiger partial charge in [-0.1, -0.05) is 12.8 Å². The van der Waals surface area contributed by atoms with Gasteiger partial charge < -0.3 is 14.8 Å². The smallest absolute Gasteiger partial charge is 0.339 e. The van der Waals surface area contributed by atoms with Gasteiger partial charge >= 0.3 is 12.0 Å². The lowest BCUT2D eigenvalue weighted by atomic mass is 10.2. The molecular weight excluding hydrogens is 331 g/mol. The first-order valence-electron chi connectivity index (χ1n) is 8.06. The normalized spacial score (nSPS) is 15.3. The summed E-state index contributed by atoms with van der Waals surface area (Å²) in [4.78, 5) is 35.6. The van der Waals surface area contributed by atoms with E-state index in [1.54, 1.807) is 0 Å². The Morgan fingerprint density at radius 1 is 1.24 bits per heavy atom. The number of imide groups is 1. The average Bonchev–Trinajstić information content (AvgIpc) is 3.07. The summed E-state index contributed by atoms with van der Waals surface area (Å²) in [6.45, 7) is 1.33. The van der Waals surface area contributed by atoms with E-state index >= 15 is 0 Å². The molecule has 0 unspecified atom stereocenters. The molecule has 0 heterocycles. The minimum absolute atomic E-state index is 0.00840. The van der Waals surface area contributed by atoms with E-state index in [1.807, 2.05) is 0 Å². The van der Waals surface area contributed by atoms with Gasteiger partial charge in [0.2, 0.25) is 0 Å². The molecule has 8 heteroatoms. The van der Waals surface area contributed by atoms with Crippen LogP contribution in [0.25, 0.3) is 0 Å². The van der Waals surface area contributed by atoms with Crippen LogP contribution in [-0.2, 0) is 9.53 Å². The zero-order chi connectivity index (χ0) is 18.4. The van der Waals surface area contributed by atoms with Gasteiger partial charge in [-0.15, -0.1) is 0 Å². The molecule has 1 fully saturated rings. The maximum atomic E-state index is 13.6. The van der Waals surface area contributed by atoms with Gasteiger partial charge in [-0.05, 0) is 38.0 Å². The monoisotopic (exact) mass is 352 g/mol. The molecule has 2 N–H and O–H groups in total. The Balaban J connectivity index is 1.86. The minimum atomic E-state index is -1.20. The summed E-state index contributed by atoms with van der Waals surface area (Å²) >= 11 is 0. The first-order valence-corrected chi connectivity index (χ1v) is 8.06. The number of ether oxygens (including phenoxy) is 2. The van der Waals surface area contributed by atoms with E-state index in [9.17, 15) is 18.8 Å². The van der Waals surface area contributed by atoms with Crippen molar-refractivity contribution < 1.29 is 28.2 Å². The maximum Gasteiger partial charge on any atom is 0.339 e. The average molecular weight is 352 g/mol. The second kappa shape index (κ2) is 8.46. The van der Waals surface area contributed by atoms with Gasteiger partial charge in [-0.25, -0.2) is 14.0 Å². The van der Waals surface area contributed by atoms with Crippen molar-refractivity contribution >= 4 is 17.9 Å². The van der Waals surface area contributed by atoms with Crippen molar-refractivity contribution in [2.45, 2.75) is 44.8 Å². The molecule has 2 rings (SSSR count). The van der Waals surface area contributed by atoms with Gasteiger partial charge in [0, 0.05) is 6.04 Å². The quantitative estimate of drug-likeness (QED) is 0.792. The fraction of sp³-hybridized carbons (Fsp3) is 0.471. The van der Waals surface area contributed by atoms with Crippen LogP contribution in [-0.4, -0.2) is 37.2 Å². The SMILES string of the molecule is COc1ccc(C(=O)O[C@H](C)C(=O)NC(=O)NC2CCCC2)cc1F. The highest BCUT2D eigenvalue weighted by Gasteiger charge is 2.23. The zero-order valence-electron chi connectivity index (χ0n) is 14.1. The van der Waals surface area contributed by atoms with E-state index in [2.05, 4.69) is 10.6 Å². The molecule has 0 spiro atoms. The van der Waals surface area contributed by atoms with E-state index in [4.69, 9.17) is 9.47 Å². The van der Waals surface area contributed by atoms with Gasteiger partial charge in [-0.3, -0.25) is 10.1 Å². The number of rotatable bonds is 5. The van der Waals surface area contributed by atoms with Gasteiger partial charge in [0.05, 0.1) is 12.7 Å². The Morgan fingerprint density at radius 2 is 1.92 bits per heavy atom. The molecule has 7 nitrogen and oxygen atoms in total. The van der Waals surface area contributed by atoms with Crippen molar-refractivity contribution in [2.24, 2.45) is 0 Å². The second-order valence-corrected chi connectivity index (χ2v) is 5.84. The van der Waals surface area contributed by atoms with Crippen LogP contribution in [0.5, 0.6) is 5.75 Å². The molecule has 1 aromatic rings. The van der Waals surface area contributed by atoms with Gasteiger partial charge in [0.25, 0.3) is 5.91 Å². The van der Waals surface area contributed by atoms with Crippen LogP contribution in [0.3, 0.4) is 0 Å². The fourth-order valence-electron chi connectivity index (χ4n) is 2.58. The van der Waals surface area contributed by atoms with Crippen molar-refractivity contribution in [3.63, 3.8) is 0 Å². The lowest BCUT2D eigenvalue weighted by Crippen LogP contribution is -2.47. The summed E-state index contributed by atoms with van der Waals surface area (Å²) in [5.41, 5.74) is -0.0617. The largest absolute Gasteiger partial charge is 0.494 e.